The third kappa shape index (κ3) is 2.76. The van der Waals surface area contributed by atoms with E-state index in [0.29, 0.717) is 22.4 Å². The van der Waals surface area contributed by atoms with Gasteiger partial charge in [0, 0.05) is 18.7 Å². The van der Waals surface area contributed by atoms with Crippen molar-refractivity contribution in [1.29, 1.82) is 0 Å². The normalized spacial score (nSPS) is 16.9. The van der Waals surface area contributed by atoms with E-state index < -0.39 is 5.54 Å². The van der Waals surface area contributed by atoms with Gasteiger partial charge in [-0.2, -0.15) is 4.98 Å². The lowest BCUT2D eigenvalue weighted by atomic mass is 9.96. The highest BCUT2D eigenvalue weighted by Gasteiger charge is 2.41. The number of amides is 1. The summed E-state index contributed by atoms with van der Waals surface area (Å²) in [5.41, 5.74) is -0.0774. The fraction of sp³-hybridized carbons (Fsp3) is 0.429. The molecular formula is C14H15ClN4O2. The maximum absolute atomic E-state index is 12.5. The Balaban J connectivity index is 1.87. The predicted octanol–water partition coefficient (Wildman–Crippen LogP) is 2.63. The number of rotatable bonds is 3. The van der Waals surface area contributed by atoms with Gasteiger partial charge in [0.1, 0.15) is 10.7 Å². The van der Waals surface area contributed by atoms with Crippen molar-refractivity contribution in [2.24, 2.45) is 0 Å². The molecular weight excluding hydrogens is 292 g/mol. The van der Waals surface area contributed by atoms with E-state index in [9.17, 15) is 4.79 Å². The summed E-state index contributed by atoms with van der Waals surface area (Å²) in [5.74, 6) is 0.840. The molecule has 2 aromatic rings. The quantitative estimate of drug-likeness (QED) is 0.882. The Labute approximate surface area is 126 Å². The standard InChI is InChI=1S/C14H15ClN4O2/c1-9-17-13(19-21-9)14(5-2-3-6-14)18-12(20)10-4-7-16-11(15)8-10/h4,7-8H,2-3,5-6H2,1H3,(H,18,20). The van der Waals surface area contributed by atoms with Crippen molar-refractivity contribution in [2.45, 2.75) is 38.1 Å². The summed E-state index contributed by atoms with van der Waals surface area (Å²) in [5, 5.41) is 7.34. The first kappa shape index (κ1) is 14.0. The molecule has 1 aliphatic carbocycles. The van der Waals surface area contributed by atoms with Crippen molar-refractivity contribution in [2.75, 3.05) is 0 Å². The Hall–Kier alpha value is -1.95. The molecule has 2 aromatic heterocycles. The van der Waals surface area contributed by atoms with Gasteiger partial charge in [-0.15, -0.1) is 0 Å². The Morgan fingerprint density at radius 1 is 1.43 bits per heavy atom. The van der Waals surface area contributed by atoms with Crippen molar-refractivity contribution < 1.29 is 9.32 Å². The molecule has 1 saturated carbocycles. The van der Waals surface area contributed by atoms with E-state index in [1.165, 1.54) is 6.20 Å². The second-order valence-electron chi connectivity index (χ2n) is 5.25. The van der Waals surface area contributed by atoms with Gasteiger partial charge in [-0.1, -0.05) is 29.6 Å². The van der Waals surface area contributed by atoms with E-state index >= 15 is 0 Å². The molecule has 0 aromatic carbocycles. The lowest BCUT2D eigenvalue weighted by Crippen LogP contribution is -2.44. The van der Waals surface area contributed by atoms with E-state index in [0.717, 1.165) is 25.7 Å². The topological polar surface area (TPSA) is 80.9 Å². The molecule has 1 N–H and O–H groups in total. The van der Waals surface area contributed by atoms with Crippen LogP contribution in [0.25, 0.3) is 0 Å². The first-order valence-corrected chi connectivity index (χ1v) is 7.22. The van der Waals surface area contributed by atoms with Crippen LogP contribution in [0.1, 0.15) is 47.8 Å². The Bertz CT molecular complexity index is 664. The number of carbonyl (C=O) groups is 1. The van der Waals surface area contributed by atoms with Gasteiger partial charge in [0.2, 0.25) is 5.89 Å². The molecule has 0 unspecified atom stereocenters. The molecule has 0 spiro atoms. The average Bonchev–Trinajstić information content (AvgIpc) is 3.09. The number of hydrogen-bond donors (Lipinski definition) is 1. The molecule has 0 aliphatic heterocycles. The summed E-state index contributed by atoms with van der Waals surface area (Å²) in [7, 11) is 0. The molecule has 0 atom stereocenters. The molecule has 0 saturated heterocycles. The maximum atomic E-state index is 12.5. The van der Waals surface area contributed by atoms with Gasteiger partial charge >= 0.3 is 0 Å². The molecule has 6 nitrogen and oxygen atoms in total. The monoisotopic (exact) mass is 306 g/mol. The molecule has 7 heteroatoms. The van der Waals surface area contributed by atoms with Crippen LogP contribution in [0.5, 0.6) is 0 Å². The SMILES string of the molecule is Cc1nc(C2(NC(=O)c3ccnc(Cl)c3)CCCC2)no1. The first-order valence-electron chi connectivity index (χ1n) is 6.84. The first-order chi connectivity index (χ1) is 10.1. The van der Waals surface area contributed by atoms with E-state index in [2.05, 4.69) is 20.4 Å². The second-order valence-corrected chi connectivity index (χ2v) is 5.63. The minimum atomic E-state index is -0.551. The lowest BCUT2D eigenvalue weighted by molar-refractivity contribution is 0.0892. The molecule has 2 heterocycles. The van der Waals surface area contributed by atoms with E-state index in [-0.39, 0.29) is 5.91 Å². The highest BCUT2D eigenvalue weighted by Crippen LogP contribution is 2.37. The fourth-order valence-corrected chi connectivity index (χ4v) is 2.88. The van der Waals surface area contributed by atoms with Crippen LogP contribution in [0.4, 0.5) is 0 Å². The number of pyridine rings is 1. The van der Waals surface area contributed by atoms with Crippen LogP contribution in [-0.4, -0.2) is 21.0 Å². The fourth-order valence-electron chi connectivity index (χ4n) is 2.71. The van der Waals surface area contributed by atoms with Crippen molar-refractivity contribution in [1.82, 2.24) is 20.4 Å². The number of aryl methyl sites for hydroxylation is 1. The van der Waals surface area contributed by atoms with Gasteiger partial charge in [-0.05, 0) is 25.0 Å². The van der Waals surface area contributed by atoms with Crippen molar-refractivity contribution in [3.8, 4) is 0 Å². The van der Waals surface area contributed by atoms with Crippen molar-refractivity contribution in [3.63, 3.8) is 0 Å². The van der Waals surface area contributed by atoms with Gasteiger partial charge in [0.25, 0.3) is 5.91 Å². The number of nitrogens with one attached hydrogen (secondary N) is 1. The summed E-state index contributed by atoms with van der Waals surface area (Å²) < 4.78 is 5.06. The summed E-state index contributed by atoms with van der Waals surface area (Å²) in [6, 6.07) is 3.17. The molecule has 110 valence electrons. The van der Waals surface area contributed by atoms with Crippen LogP contribution in [0, 0.1) is 6.92 Å². The molecule has 0 bridgehead atoms. The minimum Gasteiger partial charge on any atom is -0.340 e. The summed E-state index contributed by atoms with van der Waals surface area (Å²) in [6.45, 7) is 1.74. The lowest BCUT2D eigenvalue weighted by Gasteiger charge is -2.26. The molecule has 21 heavy (non-hydrogen) atoms. The highest BCUT2D eigenvalue weighted by atomic mass is 35.5. The molecule has 1 fully saturated rings. The molecule has 1 amide bonds. The van der Waals surface area contributed by atoms with E-state index in [4.69, 9.17) is 16.1 Å². The molecule has 3 rings (SSSR count). The van der Waals surface area contributed by atoms with Crippen LogP contribution in [-0.2, 0) is 5.54 Å². The number of nitrogens with zero attached hydrogens (tertiary/aromatic N) is 3. The number of hydrogen-bond acceptors (Lipinski definition) is 5. The zero-order valence-electron chi connectivity index (χ0n) is 11.6. The Morgan fingerprint density at radius 3 is 2.81 bits per heavy atom. The summed E-state index contributed by atoms with van der Waals surface area (Å²) >= 11 is 5.83. The van der Waals surface area contributed by atoms with Crippen LogP contribution < -0.4 is 5.32 Å². The molecule has 1 aliphatic rings. The zero-order valence-corrected chi connectivity index (χ0v) is 12.4. The maximum Gasteiger partial charge on any atom is 0.252 e. The average molecular weight is 307 g/mol. The predicted molar refractivity (Wildman–Crippen MR) is 75.9 cm³/mol. The van der Waals surface area contributed by atoms with Crippen molar-refractivity contribution >= 4 is 17.5 Å². The smallest absolute Gasteiger partial charge is 0.252 e. The second kappa shape index (κ2) is 5.44. The number of halogens is 1. The number of carbonyl (C=O) groups excluding carboxylic acids is 1. The minimum absolute atomic E-state index is 0.205. The summed E-state index contributed by atoms with van der Waals surface area (Å²) in [6.07, 6.45) is 5.15. The van der Waals surface area contributed by atoms with E-state index in [1.54, 1.807) is 19.1 Å². The molecule has 0 radical (unpaired) electrons. The van der Waals surface area contributed by atoms with Gasteiger partial charge in [-0.25, -0.2) is 4.98 Å². The number of aromatic nitrogens is 3. The Kier molecular flexibility index (Phi) is 3.63. The third-order valence-corrected chi connectivity index (χ3v) is 3.96. The Morgan fingerprint density at radius 2 is 2.19 bits per heavy atom. The van der Waals surface area contributed by atoms with Gasteiger partial charge in [0.05, 0.1) is 0 Å². The largest absolute Gasteiger partial charge is 0.340 e. The van der Waals surface area contributed by atoms with Crippen molar-refractivity contribution in [3.05, 3.63) is 40.8 Å². The zero-order chi connectivity index (χ0) is 14.9. The van der Waals surface area contributed by atoms with Gasteiger partial charge in [-0.3, -0.25) is 4.79 Å². The summed E-state index contributed by atoms with van der Waals surface area (Å²) in [4.78, 5) is 20.6. The van der Waals surface area contributed by atoms with Crippen LogP contribution in [0.2, 0.25) is 5.15 Å². The van der Waals surface area contributed by atoms with Gasteiger partial charge < -0.3 is 9.84 Å². The van der Waals surface area contributed by atoms with Crippen LogP contribution in [0.15, 0.2) is 22.9 Å². The highest BCUT2D eigenvalue weighted by molar-refractivity contribution is 6.29. The van der Waals surface area contributed by atoms with Crippen LogP contribution >= 0.6 is 11.6 Å². The van der Waals surface area contributed by atoms with Gasteiger partial charge in [0.15, 0.2) is 5.82 Å². The third-order valence-electron chi connectivity index (χ3n) is 3.75. The van der Waals surface area contributed by atoms with Crippen LogP contribution in [0.3, 0.4) is 0 Å². The van der Waals surface area contributed by atoms with E-state index in [1.807, 2.05) is 0 Å².